The van der Waals surface area contributed by atoms with Crippen LogP contribution in [0.2, 0.25) is 0 Å². The first-order chi connectivity index (χ1) is 18.1. The molecule has 1 unspecified atom stereocenters. The molecule has 5 rings (SSSR count). The highest BCUT2D eigenvalue weighted by atomic mass is 16.2. The molecule has 2 aliphatic rings. The van der Waals surface area contributed by atoms with Crippen LogP contribution in [0.4, 0.5) is 11.5 Å². The summed E-state index contributed by atoms with van der Waals surface area (Å²) in [7, 11) is 0. The van der Waals surface area contributed by atoms with Crippen LogP contribution in [-0.2, 0) is 39.2 Å². The molecule has 3 N–H and O–H groups in total. The lowest BCUT2D eigenvalue weighted by atomic mass is 9.79. The molecule has 194 valence electrons. The number of anilines is 2. The first kappa shape index (κ1) is 25.3. The zero-order valence-corrected chi connectivity index (χ0v) is 21.8. The molecule has 0 radical (unpaired) electrons. The predicted molar refractivity (Wildman–Crippen MR) is 146 cm³/mol. The highest BCUT2D eigenvalue weighted by Gasteiger charge is 2.51. The van der Waals surface area contributed by atoms with Gasteiger partial charge in [-0.05, 0) is 53.3 Å². The predicted octanol–water partition coefficient (Wildman–Crippen LogP) is 4.08. The van der Waals surface area contributed by atoms with Crippen molar-refractivity contribution in [3.63, 3.8) is 0 Å². The molecular weight excluding hydrogens is 478 g/mol. The van der Waals surface area contributed by atoms with Crippen molar-refractivity contribution < 1.29 is 14.4 Å². The fraction of sp³-hybridized carbons (Fsp3) is 0.300. The topological polar surface area (TPSA) is 115 Å². The molecule has 0 bridgehead atoms. The second kappa shape index (κ2) is 9.52. The number of carbonyl (C=O) groups is 3. The molecule has 2 heterocycles. The number of amides is 3. The zero-order valence-electron chi connectivity index (χ0n) is 21.8. The van der Waals surface area contributed by atoms with Gasteiger partial charge in [0, 0.05) is 35.6 Å². The van der Waals surface area contributed by atoms with Gasteiger partial charge in [-0.15, -0.1) is 0 Å². The van der Waals surface area contributed by atoms with Gasteiger partial charge in [0.1, 0.15) is 12.4 Å². The molecule has 0 fully saturated rings. The summed E-state index contributed by atoms with van der Waals surface area (Å²) in [5.74, 6) is 0.111. The highest BCUT2D eigenvalue weighted by Crippen LogP contribution is 2.46. The number of nitrogens with one attached hydrogen (secondary N) is 3. The Morgan fingerprint density at radius 3 is 2.63 bits per heavy atom. The number of rotatable bonds is 6. The number of nitrogens with zero attached hydrogens (tertiary/aromatic N) is 2. The summed E-state index contributed by atoms with van der Waals surface area (Å²) >= 11 is 0. The summed E-state index contributed by atoms with van der Waals surface area (Å²) in [6.07, 6.45) is 4.05. The smallest absolute Gasteiger partial charge is 0.244 e. The molecule has 0 saturated heterocycles. The quantitative estimate of drug-likeness (QED) is 0.434. The number of aromatic nitrogens is 1. The van der Waals surface area contributed by atoms with Gasteiger partial charge in [0.25, 0.3) is 0 Å². The van der Waals surface area contributed by atoms with Crippen molar-refractivity contribution >= 4 is 35.4 Å². The summed E-state index contributed by atoms with van der Waals surface area (Å²) < 4.78 is 0. The molecule has 8 heteroatoms. The molecule has 2 aromatic carbocycles. The molecule has 1 aliphatic carbocycles. The van der Waals surface area contributed by atoms with E-state index in [0.717, 1.165) is 22.3 Å². The Labute approximate surface area is 222 Å². The van der Waals surface area contributed by atoms with Crippen molar-refractivity contribution in [2.75, 3.05) is 17.2 Å². The molecule has 38 heavy (non-hydrogen) atoms. The summed E-state index contributed by atoms with van der Waals surface area (Å²) in [5, 5.41) is 13.5. The van der Waals surface area contributed by atoms with Gasteiger partial charge in [-0.1, -0.05) is 57.2 Å². The van der Waals surface area contributed by atoms with E-state index in [4.69, 9.17) is 5.41 Å². The number of carbonyl (C=O) groups excluding carboxylic acids is 3. The lowest BCUT2D eigenvalue weighted by Crippen LogP contribution is -2.43. The summed E-state index contributed by atoms with van der Waals surface area (Å²) in [4.78, 5) is 45.2. The fourth-order valence-electron chi connectivity index (χ4n) is 5.42. The third-order valence-corrected chi connectivity index (χ3v) is 7.30. The Kier molecular flexibility index (Phi) is 6.34. The van der Waals surface area contributed by atoms with Gasteiger partial charge in [-0.2, -0.15) is 0 Å². The maximum absolute atomic E-state index is 13.2. The number of benzene rings is 2. The van der Waals surface area contributed by atoms with E-state index in [0.29, 0.717) is 29.9 Å². The lowest BCUT2D eigenvalue weighted by molar-refractivity contribution is -0.142. The molecule has 8 nitrogen and oxygen atoms in total. The summed E-state index contributed by atoms with van der Waals surface area (Å²) in [6, 6.07) is 16.9. The van der Waals surface area contributed by atoms with E-state index in [1.165, 1.54) is 11.1 Å². The number of hydrogen-bond acceptors (Lipinski definition) is 5. The minimum absolute atomic E-state index is 0.0467. The lowest BCUT2D eigenvalue weighted by Gasteiger charge is -2.29. The highest BCUT2D eigenvalue weighted by molar-refractivity contribution is 6.06. The van der Waals surface area contributed by atoms with Crippen LogP contribution in [0.15, 0.2) is 60.8 Å². The van der Waals surface area contributed by atoms with Crippen LogP contribution in [0.25, 0.3) is 0 Å². The standard InChI is InChI=1S/C30H31N5O3/c1-29(2,3)28(38)35(17-21-8-5-4-7-20(21)16-31)18-25(36)33-23-11-10-19-14-30(15-22(19)13-23)24-9-6-12-32-26(24)34-27(30)37/h4-13,16,31H,14-15,17-18H2,1-3H3,(H,33,36)(H,32,34,37). The molecule has 1 spiro atoms. The monoisotopic (exact) mass is 509 g/mol. The molecule has 0 saturated carbocycles. The van der Waals surface area contributed by atoms with E-state index in [9.17, 15) is 14.4 Å². The van der Waals surface area contributed by atoms with Crippen molar-refractivity contribution in [1.82, 2.24) is 9.88 Å². The van der Waals surface area contributed by atoms with E-state index >= 15 is 0 Å². The summed E-state index contributed by atoms with van der Waals surface area (Å²) in [6.45, 7) is 5.58. The van der Waals surface area contributed by atoms with Crippen molar-refractivity contribution in [2.45, 2.75) is 45.6 Å². The Morgan fingerprint density at radius 1 is 1.11 bits per heavy atom. The third kappa shape index (κ3) is 4.58. The Bertz CT molecular complexity index is 1460. The summed E-state index contributed by atoms with van der Waals surface area (Å²) in [5.41, 5.74) is 3.79. The Morgan fingerprint density at radius 2 is 1.87 bits per heavy atom. The SMILES string of the molecule is CC(C)(C)C(=O)N(CC(=O)Nc1ccc2c(c1)CC1(C2)C(=O)Nc2ncccc21)Cc1ccccc1C=N. The first-order valence-electron chi connectivity index (χ1n) is 12.7. The minimum Gasteiger partial charge on any atom is -0.329 e. The van der Waals surface area contributed by atoms with E-state index in [-0.39, 0.29) is 30.8 Å². The van der Waals surface area contributed by atoms with Crippen LogP contribution in [-0.4, -0.2) is 40.4 Å². The van der Waals surface area contributed by atoms with Crippen molar-refractivity contribution in [3.05, 3.63) is 88.6 Å². The zero-order chi connectivity index (χ0) is 27.1. The maximum Gasteiger partial charge on any atom is 0.244 e. The average Bonchev–Trinajstić information content (AvgIpc) is 3.40. The van der Waals surface area contributed by atoms with Crippen LogP contribution < -0.4 is 10.6 Å². The molecule has 1 aromatic heterocycles. The van der Waals surface area contributed by atoms with Crippen molar-refractivity contribution in [2.24, 2.45) is 5.41 Å². The molecule has 1 atom stereocenters. The minimum atomic E-state index is -0.674. The van der Waals surface area contributed by atoms with Crippen LogP contribution in [0, 0.1) is 10.8 Å². The van der Waals surface area contributed by atoms with Gasteiger partial charge in [-0.25, -0.2) is 4.98 Å². The van der Waals surface area contributed by atoms with Crippen molar-refractivity contribution in [1.29, 1.82) is 5.41 Å². The van der Waals surface area contributed by atoms with Gasteiger partial charge < -0.3 is 20.9 Å². The average molecular weight is 510 g/mol. The first-order valence-corrected chi connectivity index (χ1v) is 12.7. The van der Waals surface area contributed by atoms with Crippen LogP contribution in [0.1, 0.15) is 48.6 Å². The van der Waals surface area contributed by atoms with Gasteiger partial charge in [0.15, 0.2) is 0 Å². The fourth-order valence-corrected chi connectivity index (χ4v) is 5.42. The van der Waals surface area contributed by atoms with Crippen LogP contribution >= 0.6 is 0 Å². The van der Waals surface area contributed by atoms with Crippen LogP contribution in [0.3, 0.4) is 0 Å². The molecular formula is C30H31N5O3. The maximum atomic E-state index is 13.2. The number of hydrogen-bond donors (Lipinski definition) is 3. The van der Waals surface area contributed by atoms with E-state index in [2.05, 4.69) is 15.6 Å². The Hall–Kier alpha value is -4.33. The second-order valence-corrected chi connectivity index (χ2v) is 11.1. The third-order valence-electron chi connectivity index (χ3n) is 7.30. The van der Waals surface area contributed by atoms with Gasteiger partial charge in [-0.3, -0.25) is 14.4 Å². The molecule has 3 amide bonds. The van der Waals surface area contributed by atoms with E-state index < -0.39 is 10.8 Å². The number of pyridine rings is 1. The number of fused-ring (bicyclic) bond motifs is 3. The normalized spacial score (nSPS) is 17.5. The van der Waals surface area contributed by atoms with E-state index in [1.807, 2.05) is 75.4 Å². The largest absolute Gasteiger partial charge is 0.329 e. The van der Waals surface area contributed by atoms with E-state index in [1.54, 1.807) is 6.20 Å². The molecule has 3 aromatic rings. The van der Waals surface area contributed by atoms with Gasteiger partial charge in [0.05, 0.1) is 5.41 Å². The van der Waals surface area contributed by atoms with Gasteiger partial charge in [0.2, 0.25) is 17.7 Å². The molecule has 1 aliphatic heterocycles. The van der Waals surface area contributed by atoms with Crippen molar-refractivity contribution in [3.8, 4) is 0 Å². The Balaban J connectivity index is 1.33. The second-order valence-electron chi connectivity index (χ2n) is 11.1. The van der Waals surface area contributed by atoms with Gasteiger partial charge >= 0.3 is 0 Å². The van der Waals surface area contributed by atoms with Crippen LogP contribution in [0.5, 0.6) is 0 Å².